The van der Waals surface area contributed by atoms with Crippen molar-refractivity contribution in [1.29, 1.82) is 0 Å². The molecule has 3 heterocycles. The van der Waals surface area contributed by atoms with E-state index in [0.29, 0.717) is 24.0 Å². The van der Waals surface area contributed by atoms with Gasteiger partial charge in [0.15, 0.2) is 12.7 Å². The second-order valence-electron chi connectivity index (χ2n) is 8.64. The average molecular weight is 577 g/mol. The Hall–Kier alpha value is -3.02. The molecule has 0 N–H and O–H groups in total. The summed E-state index contributed by atoms with van der Waals surface area (Å²) in [5.41, 5.74) is 1.20. The van der Waals surface area contributed by atoms with Crippen molar-refractivity contribution in [2.45, 2.75) is 37.5 Å². The number of ether oxygens (including phenoxy) is 1. The Balaban J connectivity index is 1.46. The number of halogens is 3. The Morgan fingerprint density at radius 2 is 1.89 bits per heavy atom. The lowest BCUT2D eigenvalue weighted by molar-refractivity contribution is -0.693. The van der Waals surface area contributed by atoms with E-state index in [-0.39, 0.29) is 5.56 Å². The van der Waals surface area contributed by atoms with Gasteiger partial charge in [0.05, 0.1) is 29.8 Å². The molecule has 0 bridgehead atoms. The number of anilines is 1. The SMILES string of the molecule is CCn1c(=O)/c(=C2\Sc3cc(OC)ccc3N2C)s/c1=C\c1scc[n+]1CCc1ccc(C(F)(F)F)cc1. The molecule has 5 nitrogen and oxygen atoms in total. The maximum Gasteiger partial charge on any atom is 0.416 e. The van der Waals surface area contributed by atoms with E-state index in [1.807, 2.05) is 54.7 Å². The number of benzene rings is 2. The van der Waals surface area contributed by atoms with E-state index < -0.39 is 11.7 Å². The molecule has 0 radical (unpaired) electrons. The summed E-state index contributed by atoms with van der Waals surface area (Å²) >= 11 is 4.59. The average Bonchev–Trinajstić information content (AvgIpc) is 3.57. The normalized spacial score (nSPS) is 15.3. The molecule has 0 atom stereocenters. The molecule has 0 saturated heterocycles. The first-order valence-electron chi connectivity index (χ1n) is 11.9. The zero-order valence-corrected chi connectivity index (χ0v) is 23.4. The molecule has 0 amide bonds. The highest BCUT2D eigenvalue weighted by molar-refractivity contribution is 8.08. The fourth-order valence-corrected chi connectivity index (χ4v) is 7.63. The van der Waals surface area contributed by atoms with E-state index in [1.54, 1.807) is 34.8 Å². The minimum atomic E-state index is -4.34. The lowest BCUT2D eigenvalue weighted by Crippen LogP contribution is -2.36. The van der Waals surface area contributed by atoms with Crippen LogP contribution in [0.4, 0.5) is 18.9 Å². The number of alkyl halides is 3. The number of methoxy groups -OCH3 is 1. The molecule has 2 aromatic heterocycles. The third kappa shape index (κ3) is 5.14. The first-order valence-corrected chi connectivity index (χ1v) is 14.4. The first kappa shape index (κ1) is 26.6. The monoisotopic (exact) mass is 576 g/mol. The highest BCUT2D eigenvalue weighted by Gasteiger charge is 2.30. The molecule has 4 aromatic rings. The molecule has 0 saturated carbocycles. The fourth-order valence-electron chi connectivity index (χ4n) is 4.26. The molecule has 2 aromatic carbocycles. The molecular formula is C27H25F3N3O2S3+. The van der Waals surface area contributed by atoms with Gasteiger partial charge >= 0.3 is 6.18 Å². The molecule has 0 aliphatic carbocycles. The number of rotatable bonds is 6. The maximum absolute atomic E-state index is 13.4. The fraction of sp³-hybridized carbons (Fsp3) is 0.259. The summed E-state index contributed by atoms with van der Waals surface area (Å²) in [5.74, 6) is 0.774. The van der Waals surface area contributed by atoms with Crippen LogP contribution in [-0.2, 0) is 25.7 Å². The topological polar surface area (TPSA) is 38.4 Å². The van der Waals surface area contributed by atoms with Gasteiger partial charge in [-0.15, -0.1) is 11.3 Å². The largest absolute Gasteiger partial charge is 0.497 e. The van der Waals surface area contributed by atoms with E-state index in [4.69, 9.17) is 4.74 Å². The summed E-state index contributed by atoms with van der Waals surface area (Å²) in [6, 6.07) is 11.2. The van der Waals surface area contributed by atoms with Crippen molar-refractivity contribution in [2.24, 2.45) is 0 Å². The highest BCUT2D eigenvalue weighted by atomic mass is 32.2. The Bertz CT molecular complexity index is 1650. The quantitative estimate of drug-likeness (QED) is 0.313. The van der Waals surface area contributed by atoms with Crippen LogP contribution in [0.2, 0.25) is 0 Å². The maximum atomic E-state index is 13.4. The zero-order chi connectivity index (χ0) is 27.0. The van der Waals surface area contributed by atoms with Gasteiger partial charge in [-0.1, -0.05) is 35.2 Å². The van der Waals surface area contributed by atoms with Crippen LogP contribution in [0.15, 0.2) is 63.7 Å². The van der Waals surface area contributed by atoms with Crippen LogP contribution in [0.25, 0.3) is 11.1 Å². The minimum Gasteiger partial charge on any atom is -0.497 e. The predicted molar refractivity (Wildman–Crippen MR) is 147 cm³/mol. The first-order chi connectivity index (χ1) is 18.2. The van der Waals surface area contributed by atoms with E-state index in [1.165, 1.54) is 23.5 Å². The summed E-state index contributed by atoms with van der Waals surface area (Å²) in [7, 11) is 3.60. The lowest BCUT2D eigenvalue weighted by atomic mass is 10.1. The smallest absolute Gasteiger partial charge is 0.416 e. The van der Waals surface area contributed by atoms with Crippen molar-refractivity contribution in [3.63, 3.8) is 0 Å². The summed E-state index contributed by atoms with van der Waals surface area (Å²) < 4.78 is 49.3. The second kappa shape index (κ2) is 10.6. The number of thioether (sulfide) groups is 1. The van der Waals surface area contributed by atoms with Gasteiger partial charge in [0.25, 0.3) is 10.6 Å². The van der Waals surface area contributed by atoms with E-state index >= 15 is 0 Å². The van der Waals surface area contributed by atoms with E-state index in [2.05, 4.69) is 4.57 Å². The van der Waals surface area contributed by atoms with Crippen molar-refractivity contribution < 1.29 is 22.5 Å². The van der Waals surface area contributed by atoms with Crippen LogP contribution in [-0.4, -0.2) is 18.7 Å². The minimum absolute atomic E-state index is 0.0225. The van der Waals surface area contributed by atoms with Crippen LogP contribution in [0.3, 0.4) is 0 Å². The summed E-state index contributed by atoms with van der Waals surface area (Å²) in [5, 5.41) is 3.84. The predicted octanol–water partition coefficient (Wildman–Crippen LogP) is 4.69. The van der Waals surface area contributed by atoms with Crippen molar-refractivity contribution >= 4 is 51.2 Å². The highest BCUT2D eigenvalue weighted by Crippen LogP contribution is 2.46. The van der Waals surface area contributed by atoms with Crippen LogP contribution < -0.4 is 29.0 Å². The molecule has 11 heteroatoms. The van der Waals surface area contributed by atoms with Gasteiger partial charge in [0.1, 0.15) is 20.0 Å². The van der Waals surface area contributed by atoms with Crippen molar-refractivity contribution in [3.05, 3.63) is 89.7 Å². The third-order valence-electron chi connectivity index (χ3n) is 6.34. The van der Waals surface area contributed by atoms with Gasteiger partial charge in [0.2, 0.25) is 0 Å². The molecule has 198 valence electrons. The number of aromatic nitrogens is 2. The summed E-state index contributed by atoms with van der Waals surface area (Å²) in [4.78, 5) is 16.5. The number of hydrogen-bond acceptors (Lipinski definition) is 6. The number of thiazole rings is 2. The van der Waals surface area contributed by atoms with Crippen molar-refractivity contribution in [2.75, 3.05) is 19.1 Å². The Morgan fingerprint density at radius 3 is 2.58 bits per heavy atom. The van der Waals surface area contributed by atoms with Crippen molar-refractivity contribution in [3.8, 4) is 5.75 Å². The summed E-state index contributed by atoms with van der Waals surface area (Å²) in [6.45, 7) is 3.11. The van der Waals surface area contributed by atoms with Gasteiger partial charge in [-0.2, -0.15) is 17.7 Å². The van der Waals surface area contributed by atoms with Crippen LogP contribution in [0.5, 0.6) is 5.75 Å². The zero-order valence-electron chi connectivity index (χ0n) is 20.9. The second-order valence-corrected chi connectivity index (χ2v) is 11.6. The molecular weight excluding hydrogens is 552 g/mol. The van der Waals surface area contributed by atoms with Gasteiger partial charge in [0, 0.05) is 24.9 Å². The standard InChI is InChI=1S/C27H25F3N3O2S3/c1-4-33-23(38-24(25(33)34)26-31(2)20-10-9-19(35-3)15-21(20)37-26)16-22-32(13-14-36-22)12-11-17-5-7-18(8-6-17)27(28,29)30/h5-10,13-16H,4,11-12H2,1-3H3/q+1/b26-24+. The molecule has 38 heavy (non-hydrogen) atoms. The van der Waals surface area contributed by atoms with Gasteiger partial charge < -0.3 is 9.64 Å². The van der Waals surface area contributed by atoms with Crippen LogP contribution >= 0.6 is 34.4 Å². The summed E-state index contributed by atoms with van der Waals surface area (Å²) in [6.07, 6.45) is 0.241. The third-order valence-corrected chi connectivity index (χ3v) is 9.66. The van der Waals surface area contributed by atoms with E-state index in [9.17, 15) is 18.0 Å². The Morgan fingerprint density at radius 1 is 1.13 bits per heavy atom. The molecule has 0 unspecified atom stereocenters. The lowest BCUT2D eigenvalue weighted by Gasteiger charge is -2.12. The Labute approximate surface area is 229 Å². The molecule has 0 spiro atoms. The number of nitrogens with zero attached hydrogens (tertiary/aromatic N) is 3. The van der Waals surface area contributed by atoms with Crippen molar-refractivity contribution in [1.82, 2.24) is 4.57 Å². The number of hydrogen-bond donors (Lipinski definition) is 0. The number of fused-ring (bicyclic) bond motifs is 1. The molecule has 5 rings (SSSR count). The van der Waals surface area contributed by atoms with Gasteiger partial charge in [-0.25, -0.2) is 0 Å². The molecule has 0 fully saturated rings. The van der Waals surface area contributed by atoms with E-state index in [0.717, 1.165) is 48.7 Å². The van der Waals surface area contributed by atoms with Crippen LogP contribution in [0, 0.1) is 0 Å². The Kier molecular flexibility index (Phi) is 7.43. The molecule has 1 aliphatic heterocycles. The number of aryl methyl sites for hydroxylation is 2. The van der Waals surface area contributed by atoms with Crippen LogP contribution in [0.1, 0.15) is 23.1 Å². The van der Waals surface area contributed by atoms with Gasteiger partial charge in [-0.05, 0) is 42.8 Å². The van der Waals surface area contributed by atoms with Gasteiger partial charge in [-0.3, -0.25) is 9.36 Å². The molecule has 1 aliphatic rings.